The molecule has 0 bridgehead atoms. The van der Waals surface area contributed by atoms with E-state index in [1.165, 1.54) is 4.68 Å². The summed E-state index contributed by atoms with van der Waals surface area (Å²) in [6.07, 6.45) is 1.50. The van der Waals surface area contributed by atoms with E-state index >= 15 is 0 Å². The third-order valence-corrected chi connectivity index (χ3v) is 5.73. The summed E-state index contributed by atoms with van der Waals surface area (Å²) in [5.74, 6) is 2.12. The summed E-state index contributed by atoms with van der Waals surface area (Å²) in [5.41, 5.74) is 1.25. The second-order valence-electron chi connectivity index (χ2n) is 7.57. The molecule has 1 amide bonds. The van der Waals surface area contributed by atoms with E-state index in [0.29, 0.717) is 30.2 Å². The van der Waals surface area contributed by atoms with Gasteiger partial charge in [-0.05, 0) is 43.2 Å². The molecule has 0 atom stereocenters. The Morgan fingerprint density at radius 2 is 1.77 bits per heavy atom. The number of aryl methyl sites for hydroxylation is 1. The summed E-state index contributed by atoms with van der Waals surface area (Å²) in [7, 11) is 1.67. The second kappa shape index (κ2) is 7.37. The van der Waals surface area contributed by atoms with Gasteiger partial charge in [0.2, 0.25) is 6.79 Å². The van der Waals surface area contributed by atoms with Gasteiger partial charge in [-0.3, -0.25) is 4.79 Å². The molecule has 2 aliphatic rings. The van der Waals surface area contributed by atoms with E-state index in [-0.39, 0.29) is 24.3 Å². The highest BCUT2D eigenvalue weighted by atomic mass is 16.7. The molecule has 2 aromatic carbocycles. The lowest BCUT2D eigenvalue weighted by Crippen LogP contribution is -2.38. The van der Waals surface area contributed by atoms with Crippen LogP contribution in [-0.2, 0) is 7.05 Å². The molecule has 0 aliphatic carbocycles. The molecule has 2 aliphatic heterocycles. The van der Waals surface area contributed by atoms with Crippen molar-refractivity contribution in [2.24, 2.45) is 7.05 Å². The maximum Gasteiger partial charge on any atom is 0.350 e. The zero-order valence-corrected chi connectivity index (χ0v) is 16.7. The third kappa shape index (κ3) is 3.14. The molecular weight excluding hydrogens is 384 g/mol. The fraction of sp³-hybridized carbons (Fsp3) is 0.318. The van der Waals surface area contributed by atoms with Gasteiger partial charge in [0.15, 0.2) is 11.5 Å². The van der Waals surface area contributed by atoms with Gasteiger partial charge in [0, 0.05) is 31.6 Å². The van der Waals surface area contributed by atoms with Crippen molar-refractivity contribution in [1.29, 1.82) is 0 Å². The Balaban J connectivity index is 1.34. The SMILES string of the molecule is Cn1nc(C2CCN(C(=O)c3ccc4c(c3)OCO4)CC2)n(-c2ccccc2)c1=O. The zero-order chi connectivity index (χ0) is 20.7. The fourth-order valence-electron chi connectivity index (χ4n) is 4.12. The summed E-state index contributed by atoms with van der Waals surface area (Å²) < 4.78 is 13.8. The predicted octanol–water partition coefficient (Wildman–Crippen LogP) is 2.32. The molecule has 0 radical (unpaired) electrons. The highest BCUT2D eigenvalue weighted by Crippen LogP contribution is 2.34. The number of rotatable bonds is 3. The van der Waals surface area contributed by atoms with Crippen molar-refractivity contribution in [3.05, 3.63) is 70.4 Å². The molecule has 8 nitrogen and oxygen atoms in total. The molecule has 1 aromatic heterocycles. The second-order valence-corrected chi connectivity index (χ2v) is 7.57. The van der Waals surface area contributed by atoms with Gasteiger partial charge in [-0.15, -0.1) is 0 Å². The molecule has 0 unspecified atom stereocenters. The number of fused-ring (bicyclic) bond motifs is 1. The van der Waals surface area contributed by atoms with Crippen LogP contribution in [0.2, 0.25) is 0 Å². The Morgan fingerprint density at radius 3 is 2.53 bits per heavy atom. The Bertz CT molecular complexity index is 1140. The quantitative estimate of drug-likeness (QED) is 0.667. The van der Waals surface area contributed by atoms with Crippen molar-refractivity contribution in [1.82, 2.24) is 19.2 Å². The minimum Gasteiger partial charge on any atom is -0.454 e. The summed E-state index contributed by atoms with van der Waals surface area (Å²) >= 11 is 0. The number of hydrogen-bond donors (Lipinski definition) is 0. The molecule has 8 heteroatoms. The molecule has 3 heterocycles. The van der Waals surface area contributed by atoms with Gasteiger partial charge in [-0.2, -0.15) is 5.10 Å². The van der Waals surface area contributed by atoms with Crippen molar-refractivity contribution in [2.75, 3.05) is 19.9 Å². The van der Waals surface area contributed by atoms with Crippen LogP contribution in [0, 0.1) is 0 Å². The monoisotopic (exact) mass is 406 g/mol. The highest BCUT2D eigenvalue weighted by molar-refractivity contribution is 5.95. The van der Waals surface area contributed by atoms with Crippen LogP contribution in [0.25, 0.3) is 5.69 Å². The Kier molecular flexibility index (Phi) is 4.54. The lowest BCUT2D eigenvalue weighted by atomic mass is 9.95. The standard InChI is InChI=1S/C22H22N4O4/c1-24-22(28)26(17-5-3-2-4-6-17)20(23-24)15-9-11-25(12-10-15)21(27)16-7-8-18-19(13-16)30-14-29-18/h2-8,13,15H,9-12,14H2,1H3. The number of amides is 1. The van der Waals surface area contributed by atoms with Crippen molar-refractivity contribution in [3.8, 4) is 17.2 Å². The summed E-state index contributed by atoms with van der Waals surface area (Å²) in [6.45, 7) is 1.40. The zero-order valence-electron chi connectivity index (χ0n) is 16.7. The molecular formula is C22H22N4O4. The van der Waals surface area contributed by atoms with Crippen LogP contribution in [-0.4, -0.2) is 45.0 Å². The number of nitrogens with zero attached hydrogens (tertiary/aromatic N) is 4. The van der Waals surface area contributed by atoms with Crippen LogP contribution >= 0.6 is 0 Å². The number of ether oxygens (including phenoxy) is 2. The maximum atomic E-state index is 12.9. The third-order valence-electron chi connectivity index (χ3n) is 5.73. The van der Waals surface area contributed by atoms with Crippen molar-refractivity contribution in [2.45, 2.75) is 18.8 Å². The van der Waals surface area contributed by atoms with Gasteiger partial charge in [0.1, 0.15) is 5.82 Å². The number of hydrogen-bond acceptors (Lipinski definition) is 5. The van der Waals surface area contributed by atoms with Crippen molar-refractivity contribution >= 4 is 5.91 Å². The first kappa shape index (κ1) is 18.5. The lowest BCUT2D eigenvalue weighted by Gasteiger charge is -2.31. The molecule has 1 fully saturated rings. The average Bonchev–Trinajstić information content (AvgIpc) is 3.38. The van der Waals surface area contributed by atoms with Crippen LogP contribution < -0.4 is 15.2 Å². The number of aromatic nitrogens is 3. The first-order chi connectivity index (χ1) is 14.6. The van der Waals surface area contributed by atoms with E-state index in [9.17, 15) is 9.59 Å². The van der Waals surface area contributed by atoms with Crippen molar-refractivity contribution < 1.29 is 14.3 Å². The van der Waals surface area contributed by atoms with Crippen LogP contribution in [0.4, 0.5) is 0 Å². The number of likely N-dealkylation sites (tertiary alicyclic amines) is 1. The van der Waals surface area contributed by atoms with E-state index in [2.05, 4.69) is 5.10 Å². The summed E-state index contributed by atoms with van der Waals surface area (Å²) in [4.78, 5) is 27.5. The maximum absolute atomic E-state index is 12.9. The summed E-state index contributed by atoms with van der Waals surface area (Å²) in [5, 5.41) is 4.51. The van der Waals surface area contributed by atoms with Crippen LogP contribution in [0.5, 0.6) is 11.5 Å². The first-order valence-electron chi connectivity index (χ1n) is 10.0. The van der Waals surface area contributed by atoms with Gasteiger partial charge >= 0.3 is 5.69 Å². The summed E-state index contributed by atoms with van der Waals surface area (Å²) in [6, 6.07) is 14.8. The number of benzene rings is 2. The smallest absolute Gasteiger partial charge is 0.350 e. The molecule has 0 spiro atoms. The molecule has 0 N–H and O–H groups in total. The normalized spacial score (nSPS) is 16.1. The average molecular weight is 406 g/mol. The van der Waals surface area contributed by atoms with E-state index < -0.39 is 0 Å². The lowest BCUT2D eigenvalue weighted by molar-refractivity contribution is 0.0710. The highest BCUT2D eigenvalue weighted by Gasteiger charge is 2.29. The van der Waals surface area contributed by atoms with Crippen LogP contribution in [0.15, 0.2) is 53.3 Å². The van der Waals surface area contributed by atoms with Crippen LogP contribution in [0.3, 0.4) is 0 Å². The van der Waals surface area contributed by atoms with Gasteiger partial charge < -0.3 is 14.4 Å². The minimum absolute atomic E-state index is 0.0202. The van der Waals surface area contributed by atoms with Crippen molar-refractivity contribution in [3.63, 3.8) is 0 Å². The minimum atomic E-state index is -0.157. The number of carbonyl (C=O) groups excluding carboxylic acids is 1. The van der Waals surface area contributed by atoms with E-state index in [0.717, 1.165) is 24.4 Å². The fourth-order valence-corrected chi connectivity index (χ4v) is 4.12. The molecule has 3 aromatic rings. The molecule has 0 saturated carbocycles. The Morgan fingerprint density at radius 1 is 1.03 bits per heavy atom. The predicted molar refractivity (Wildman–Crippen MR) is 109 cm³/mol. The number of piperidine rings is 1. The van der Waals surface area contributed by atoms with Crippen LogP contribution in [0.1, 0.15) is 34.9 Å². The molecule has 154 valence electrons. The number of carbonyl (C=O) groups is 1. The molecule has 30 heavy (non-hydrogen) atoms. The van der Waals surface area contributed by atoms with E-state index in [1.54, 1.807) is 29.8 Å². The van der Waals surface area contributed by atoms with Gasteiger partial charge in [-0.1, -0.05) is 18.2 Å². The Hall–Kier alpha value is -3.55. The van der Waals surface area contributed by atoms with Gasteiger partial charge in [0.05, 0.1) is 5.69 Å². The molecule has 5 rings (SSSR count). The largest absolute Gasteiger partial charge is 0.454 e. The van der Waals surface area contributed by atoms with E-state index in [1.807, 2.05) is 35.2 Å². The first-order valence-corrected chi connectivity index (χ1v) is 10.0. The van der Waals surface area contributed by atoms with E-state index in [4.69, 9.17) is 9.47 Å². The van der Waals surface area contributed by atoms with Gasteiger partial charge in [-0.25, -0.2) is 14.0 Å². The van der Waals surface area contributed by atoms with Gasteiger partial charge in [0.25, 0.3) is 5.91 Å². The topological polar surface area (TPSA) is 78.6 Å². The Labute approximate surface area is 173 Å². The molecule has 1 saturated heterocycles. The number of para-hydroxylation sites is 1.